The largest absolute Gasteiger partial charge is 0.461 e. The minimum atomic E-state index is -4.69. The van der Waals surface area contributed by atoms with E-state index < -0.39 is 35.4 Å². The van der Waals surface area contributed by atoms with Crippen molar-refractivity contribution in [3.05, 3.63) is 89.0 Å². The molecule has 1 heterocycles. The van der Waals surface area contributed by atoms with Crippen molar-refractivity contribution in [3.63, 3.8) is 0 Å². The Morgan fingerprint density at radius 2 is 1.80 bits per heavy atom. The van der Waals surface area contributed by atoms with Crippen LogP contribution in [-0.2, 0) is 28.7 Å². The number of alkyl halides is 3. The monoisotopic (exact) mass is 488 g/mol. The maximum absolute atomic E-state index is 14.4. The number of carbonyl (C=O) groups is 2. The zero-order valence-electron chi connectivity index (χ0n) is 19.2. The lowest BCUT2D eigenvalue weighted by atomic mass is 9.95. The first-order chi connectivity index (χ1) is 16.6. The standard InChI is InChI=1S/C26H24F4N2O3/c1-3-22-23(21(9-10-31-22)26(28,29)30)18-11-19(13-20(27)12-18)24(33)32-14-16(2)25(34)35-15-17-7-5-4-6-8-17/h4-13,16H,3,14-15H2,1-2H3,(H,32,33)/t16-/m1/s1. The number of ether oxygens (including phenoxy) is 1. The molecular formula is C26H24F4N2O3. The summed E-state index contributed by atoms with van der Waals surface area (Å²) in [5.41, 5.74) is -0.576. The first-order valence-corrected chi connectivity index (χ1v) is 10.9. The summed E-state index contributed by atoms with van der Waals surface area (Å²) in [6.45, 7) is 3.18. The number of pyridine rings is 1. The Balaban J connectivity index is 1.75. The fourth-order valence-corrected chi connectivity index (χ4v) is 3.50. The van der Waals surface area contributed by atoms with E-state index in [0.717, 1.165) is 30.0 Å². The molecule has 0 aliphatic heterocycles. The lowest BCUT2D eigenvalue weighted by Gasteiger charge is -2.17. The Morgan fingerprint density at radius 3 is 2.46 bits per heavy atom. The molecule has 0 fully saturated rings. The average molecular weight is 488 g/mol. The van der Waals surface area contributed by atoms with Gasteiger partial charge in [-0.2, -0.15) is 13.2 Å². The number of carbonyl (C=O) groups excluding carboxylic acids is 2. The zero-order valence-corrected chi connectivity index (χ0v) is 19.2. The molecule has 0 aliphatic rings. The summed E-state index contributed by atoms with van der Waals surface area (Å²) in [7, 11) is 0. The average Bonchev–Trinajstić information content (AvgIpc) is 2.84. The molecule has 0 aliphatic carbocycles. The van der Waals surface area contributed by atoms with Crippen LogP contribution in [0.5, 0.6) is 0 Å². The van der Waals surface area contributed by atoms with Crippen molar-refractivity contribution < 1.29 is 31.9 Å². The zero-order chi connectivity index (χ0) is 25.6. The summed E-state index contributed by atoms with van der Waals surface area (Å²) >= 11 is 0. The molecule has 0 radical (unpaired) electrons. The topological polar surface area (TPSA) is 68.3 Å². The maximum atomic E-state index is 14.4. The van der Waals surface area contributed by atoms with Crippen LogP contribution in [-0.4, -0.2) is 23.4 Å². The summed E-state index contributed by atoms with van der Waals surface area (Å²) in [4.78, 5) is 28.9. The van der Waals surface area contributed by atoms with Gasteiger partial charge in [-0.1, -0.05) is 44.2 Å². The summed E-state index contributed by atoms with van der Waals surface area (Å²) in [6.07, 6.45) is -3.46. The number of nitrogens with one attached hydrogen (secondary N) is 1. The van der Waals surface area contributed by atoms with Crippen LogP contribution in [0, 0.1) is 11.7 Å². The number of rotatable bonds is 8. The van der Waals surface area contributed by atoms with Crippen LogP contribution in [0.1, 0.15) is 41.0 Å². The van der Waals surface area contributed by atoms with Gasteiger partial charge in [-0.15, -0.1) is 0 Å². The van der Waals surface area contributed by atoms with Gasteiger partial charge in [0.25, 0.3) is 5.91 Å². The molecule has 1 atom stereocenters. The number of aromatic nitrogens is 1. The van der Waals surface area contributed by atoms with Gasteiger partial charge in [0.1, 0.15) is 12.4 Å². The first kappa shape index (κ1) is 25.9. The van der Waals surface area contributed by atoms with E-state index in [1.54, 1.807) is 26.0 Å². The van der Waals surface area contributed by atoms with Crippen LogP contribution in [0.4, 0.5) is 17.6 Å². The Labute approximate surface area is 200 Å². The van der Waals surface area contributed by atoms with E-state index in [9.17, 15) is 27.2 Å². The maximum Gasteiger partial charge on any atom is 0.417 e. The molecule has 2 aromatic carbocycles. The number of amides is 1. The molecule has 9 heteroatoms. The highest BCUT2D eigenvalue weighted by atomic mass is 19.4. The van der Waals surface area contributed by atoms with Gasteiger partial charge in [-0.05, 0) is 41.8 Å². The van der Waals surface area contributed by atoms with Gasteiger partial charge in [-0.25, -0.2) is 4.39 Å². The molecule has 0 spiro atoms. The lowest BCUT2D eigenvalue weighted by Crippen LogP contribution is -2.32. The lowest BCUT2D eigenvalue weighted by molar-refractivity contribution is -0.149. The smallest absolute Gasteiger partial charge is 0.417 e. The summed E-state index contributed by atoms with van der Waals surface area (Å²) in [6, 6.07) is 12.9. The van der Waals surface area contributed by atoms with E-state index in [-0.39, 0.29) is 42.0 Å². The fourth-order valence-electron chi connectivity index (χ4n) is 3.50. The van der Waals surface area contributed by atoms with E-state index in [0.29, 0.717) is 0 Å². The molecular weight excluding hydrogens is 464 g/mol. The fraction of sp³-hybridized carbons (Fsp3) is 0.269. The highest BCUT2D eigenvalue weighted by Gasteiger charge is 2.35. The number of hydrogen-bond donors (Lipinski definition) is 1. The van der Waals surface area contributed by atoms with Crippen LogP contribution in [0.25, 0.3) is 11.1 Å². The molecule has 1 amide bonds. The molecule has 1 aromatic heterocycles. The van der Waals surface area contributed by atoms with Crippen molar-refractivity contribution in [2.45, 2.75) is 33.1 Å². The van der Waals surface area contributed by atoms with Crippen LogP contribution >= 0.6 is 0 Å². The Bertz CT molecular complexity index is 1200. The number of benzene rings is 2. The quantitative estimate of drug-likeness (QED) is 0.332. The summed E-state index contributed by atoms with van der Waals surface area (Å²) in [5, 5.41) is 2.51. The molecule has 1 N–H and O–H groups in total. The molecule has 3 rings (SSSR count). The molecule has 35 heavy (non-hydrogen) atoms. The van der Waals surface area contributed by atoms with Crippen molar-refractivity contribution in [2.24, 2.45) is 5.92 Å². The van der Waals surface area contributed by atoms with Crippen LogP contribution in [0.3, 0.4) is 0 Å². The second kappa shape index (κ2) is 11.1. The molecule has 184 valence electrons. The summed E-state index contributed by atoms with van der Waals surface area (Å²) in [5.74, 6) is -2.84. The highest BCUT2D eigenvalue weighted by Crippen LogP contribution is 2.39. The molecule has 0 unspecified atom stereocenters. The van der Waals surface area contributed by atoms with E-state index in [1.165, 1.54) is 6.07 Å². The Kier molecular flexibility index (Phi) is 8.22. The van der Waals surface area contributed by atoms with Crippen LogP contribution in [0.15, 0.2) is 60.8 Å². The van der Waals surface area contributed by atoms with Gasteiger partial charge in [0.15, 0.2) is 0 Å². The third-order valence-corrected chi connectivity index (χ3v) is 5.31. The normalized spacial score (nSPS) is 12.2. The Hall–Kier alpha value is -3.75. The van der Waals surface area contributed by atoms with Crippen LogP contribution < -0.4 is 5.32 Å². The van der Waals surface area contributed by atoms with Gasteiger partial charge in [-0.3, -0.25) is 14.6 Å². The van der Waals surface area contributed by atoms with Crippen molar-refractivity contribution in [2.75, 3.05) is 6.54 Å². The van der Waals surface area contributed by atoms with E-state index in [2.05, 4.69) is 10.3 Å². The number of hydrogen-bond acceptors (Lipinski definition) is 4. The molecule has 0 saturated heterocycles. The van der Waals surface area contributed by atoms with Crippen molar-refractivity contribution in [1.82, 2.24) is 10.3 Å². The second-order valence-corrected chi connectivity index (χ2v) is 7.96. The van der Waals surface area contributed by atoms with Crippen molar-refractivity contribution in [3.8, 4) is 11.1 Å². The van der Waals surface area contributed by atoms with Crippen molar-refractivity contribution >= 4 is 11.9 Å². The number of aryl methyl sites for hydroxylation is 1. The number of esters is 1. The third kappa shape index (κ3) is 6.65. The highest BCUT2D eigenvalue weighted by molar-refractivity contribution is 5.96. The predicted molar refractivity (Wildman–Crippen MR) is 122 cm³/mol. The molecule has 0 saturated carbocycles. The van der Waals surface area contributed by atoms with Gasteiger partial charge in [0.2, 0.25) is 0 Å². The van der Waals surface area contributed by atoms with E-state index >= 15 is 0 Å². The number of halogens is 4. The minimum Gasteiger partial charge on any atom is -0.461 e. The van der Waals surface area contributed by atoms with E-state index in [1.807, 2.05) is 18.2 Å². The molecule has 3 aromatic rings. The van der Waals surface area contributed by atoms with Gasteiger partial charge < -0.3 is 10.1 Å². The number of nitrogens with zero attached hydrogens (tertiary/aromatic N) is 1. The Morgan fingerprint density at radius 1 is 1.09 bits per heavy atom. The molecule has 5 nitrogen and oxygen atoms in total. The first-order valence-electron chi connectivity index (χ1n) is 10.9. The molecule has 0 bridgehead atoms. The van der Waals surface area contributed by atoms with Gasteiger partial charge in [0.05, 0.1) is 11.5 Å². The summed E-state index contributed by atoms with van der Waals surface area (Å²) < 4.78 is 60.5. The minimum absolute atomic E-state index is 0.0810. The second-order valence-electron chi connectivity index (χ2n) is 7.96. The van der Waals surface area contributed by atoms with Crippen molar-refractivity contribution in [1.29, 1.82) is 0 Å². The van der Waals surface area contributed by atoms with Gasteiger partial charge >= 0.3 is 12.1 Å². The van der Waals surface area contributed by atoms with Gasteiger partial charge in [0, 0.05) is 29.6 Å². The van der Waals surface area contributed by atoms with E-state index in [4.69, 9.17) is 4.74 Å². The predicted octanol–water partition coefficient (Wildman–Crippen LogP) is 5.58. The third-order valence-electron chi connectivity index (χ3n) is 5.31. The van der Waals surface area contributed by atoms with Crippen LogP contribution in [0.2, 0.25) is 0 Å². The SMILES string of the molecule is CCc1nccc(C(F)(F)F)c1-c1cc(F)cc(C(=O)NC[C@@H](C)C(=O)OCc2ccccc2)c1.